The molecule has 1 amide bonds. The average Bonchev–Trinajstić information content (AvgIpc) is 3.50. The van der Waals surface area contributed by atoms with Crippen LogP contribution in [0.4, 0.5) is 48.7 Å². The summed E-state index contributed by atoms with van der Waals surface area (Å²) in [7, 11) is -7.02. The van der Waals surface area contributed by atoms with Gasteiger partial charge in [0.25, 0.3) is 11.8 Å². The van der Waals surface area contributed by atoms with Crippen LogP contribution in [0.1, 0.15) is 42.6 Å². The van der Waals surface area contributed by atoms with E-state index in [1.54, 1.807) is 0 Å². The predicted octanol–water partition coefficient (Wildman–Crippen LogP) is 6.46. The Morgan fingerprint density at radius 1 is 1.06 bits per heavy atom. The van der Waals surface area contributed by atoms with Crippen LogP contribution in [-0.2, 0) is 32.8 Å². The molecule has 2 heterocycles. The molecule has 2 aromatic heterocycles. The number of aryl methyl sites for hydroxylation is 1. The number of amides is 1. The molecule has 0 atom stereocenters. The minimum absolute atomic E-state index is 0.00763. The van der Waals surface area contributed by atoms with E-state index in [0.717, 1.165) is 23.4 Å². The highest BCUT2D eigenvalue weighted by Crippen LogP contribution is 2.51. The first kappa shape index (κ1) is 40.0. The maximum Gasteiger partial charge on any atom is 0.510 e. The summed E-state index contributed by atoms with van der Waals surface area (Å²) in [6, 6.07) is 5.49. The number of halogens is 11. The molecular weight excluding hydrogens is 778 g/mol. The van der Waals surface area contributed by atoms with Crippen LogP contribution in [0.2, 0.25) is 5.02 Å². The molecular formula is C27H21ClF10N6O7S. The van der Waals surface area contributed by atoms with Crippen molar-refractivity contribution in [2.75, 3.05) is 6.73 Å². The first-order chi connectivity index (χ1) is 23.7. The van der Waals surface area contributed by atoms with Crippen LogP contribution in [0, 0.1) is 11.3 Å². The molecule has 1 saturated carbocycles. The first-order valence-corrected chi connectivity index (χ1v) is 15.8. The number of alkyl halides is 10. The Morgan fingerprint density at radius 2 is 1.65 bits per heavy atom. The van der Waals surface area contributed by atoms with Crippen molar-refractivity contribution >= 4 is 33.8 Å². The second-order valence-electron chi connectivity index (χ2n) is 11.2. The maximum absolute atomic E-state index is 14.3. The van der Waals surface area contributed by atoms with Crippen LogP contribution in [0.15, 0.2) is 30.6 Å². The molecule has 1 aromatic carbocycles. The van der Waals surface area contributed by atoms with Crippen molar-refractivity contribution in [1.82, 2.24) is 24.5 Å². The normalized spacial score (nSPS) is 14.9. The number of carbonyl (C=O) groups is 2. The maximum atomic E-state index is 14.3. The van der Waals surface area contributed by atoms with Gasteiger partial charge < -0.3 is 13.7 Å². The number of rotatable bonds is 10. The summed E-state index contributed by atoms with van der Waals surface area (Å²) in [5.74, 6) is -4.65. The molecule has 1 aliphatic rings. The van der Waals surface area contributed by atoms with Crippen molar-refractivity contribution in [2.45, 2.75) is 61.9 Å². The third-order valence-electron chi connectivity index (χ3n) is 7.20. The fourth-order valence-electron chi connectivity index (χ4n) is 4.55. The Morgan fingerprint density at radius 3 is 2.15 bits per heavy atom. The monoisotopic (exact) mass is 798 g/mol. The molecule has 1 aliphatic carbocycles. The van der Waals surface area contributed by atoms with Crippen molar-refractivity contribution in [3.05, 3.63) is 46.7 Å². The van der Waals surface area contributed by atoms with E-state index in [2.05, 4.69) is 14.4 Å². The summed E-state index contributed by atoms with van der Waals surface area (Å²) in [4.78, 5) is 26.5. The van der Waals surface area contributed by atoms with E-state index in [0.29, 0.717) is 11.7 Å². The zero-order chi connectivity index (χ0) is 39.4. The molecule has 0 spiro atoms. The van der Waals surface area contributed by atoms with E-state index in [1.807, 2.05) is 6.07 Å². The lowest BCUT2D eigenvalue weighted by molar-refractivity contribution is -0.307. The number of nitrogens with zero attached hydrogens (tertiary/aromatic N) is 6. The fraction of sp³-hybridized carbons (Fsp3) is 0.444. The van der Waals surface area contributed by atoms with E-state index in [4.69, 9.17) is 21.1 Å². The Hall–Kier alpha value is -4.79. The SMILES string of the molecule is CC(C)OC(=O)OCN(C(=O)c1cc(-c2cnn(-c3c(C(F)(F)F)c(OS(=O)(=O)C(F)(C(F)(F)F)C(F)(F)F)nn3C)c2)ccc1Cl)C1(C#N)CC1. The minimum Gasteiger partial charge on any atom is -0.432 e. The molecule has 52 heavy (non-hydrogen) atoms. The Bertz CT molecular complexity index is 2020. The highest BCUT2D eigenvalue weighted by Gasteiger charge is 2.82. The number of aromatic nitrogens is 4. The zero-order valence-electron chi connectivity index (χ0n) is 26.2. The highest BCUT2D eigenvalue weighted by atomic mass is 35.5. The molecule has 3 aromatic rings. The predicted molar refractivity (Wildman–Crippen MR) is 153 cm³/mol. The van der Waals surface area contributed by atoms with E-state index in [-0.39, 0.29) is 39.2 Å². The Balaban J connectivity index is 1.74. The number of hydrogen-bond acceptors (Lipinski definition) is 10. The van der Waals surface area contributed by atoms with E-state index in [9.17, 15) is 67.2 Å². The van der Waals surface area contributed by atoms with Crippen molar-refractivity contribution in [3.63, 3.8) is 0 Å². The number of hydrogen-bond donors (Lipinski definition) is 0. The van der Waals surface area contributed by atoms with Gasteiger partial charge in [0.1, 0.15) is 5.54 Å². The topological polar surface area (TPSA) is 159 Å². The third kappa shape index (κ3) is 7.28. The summed E-state index contributed by atoms with van der Waals surface area (Å²) in [6.45, 7) is 2.31. The molecule has 284 valence electrons. The van der Waals surface area contributed by atoms with Crippen molar-refractivity contribution < 1.29 is 75.6 Å². The van der Waals surface area contributed by atoms with Crippen LogP contribution >= 0.6 is 11.6 Å². The molecule has 25 heteroatoms. The molecule has 4 rings (SSSR count). The van der Waals surface area contributed by atoms with Crippen LogP contribution < -0.4 is 4.18 Å². The number of nitriles is 1. The van der Waals surface area contributed by atoms with Crippen LogP contribution in [-0.4, -0.2) is 80.7 Å². The van der Waals surface area contributed by atoms with Gasteiger partial charge in [-0.25, -0.2) is 18.5 Å². The standard InChI is InChI=1S/C27H21ClF10N6O7S/c1-13(2)50-22(46)49-12-43(23(11-39)6-7-23)21(45)16-8-14(4-5-17(16)28)15-9-40-44(10-15)20-18(24(29,30)31)19(41-42(20)3)51-52(47,48)25(32,26(33,34)35)27(36,37)38/h4-5,8-10,13H,6-7,12H2,1-3H3. The smallest absolute Gasteiger partial charge is 0.432 e. The van der Waals surface area contributed by atoms with Crippen molar-refractivity contribution in [1.29, 1.82) is 5.26 Å². The van der Waals surface area contributed by atoms with Gasteiger partial charge in [-0.1, -0.05) is 17.7 Å². The van der Waals surface area contributed by atoms with Gasteiger partial charge in [0, 0.05) is 18.8 Å². The van der Waals surface area contributed by atoms with Crippen LogP contribution in [0.25, 0.3) is 16.9 Å². The second-order valence-corrected chi connectivity index (χ2v) is 13.2. The van der Waals surface area contributed by atoms with Gasteiger partial charge in [-0.05, 0) is 44.4 Å². The quantitative estimate of drug-likeness (QED) is 0.0965. The molecule has 0 N–H and O–H groups in total. The summed E-state index contributed by atoms with van der Waals surface area (Å²) in [6.07, 6.45) is -20.0. The lowest BCUT2D eigenvalue weighted by atomic mass is 10.0. The summed E-state index contributed by atoms with van der Waals surface area (Å²) in [5, 5.41) is 8.98. The lowest BCUT2D eigenvalue weighted by Crippen LogP contribution is -2.60. The van der Waals surface area contributed by atoms with Gasteiger partial charge in [0.2, 0.25) is 0 Å². The molecule has 0 radical (unpaired) electrons. The van der Waals surface area contributed by atoms with Crippen LogP contribution in [0.3, 0.4) is 0 Å². The average molecular weight is 799 g/mol. The fourth-order valence-corrected chi connectivity index (χ4v) is 5.75. The number of ether oxygens (including phenoxy) is 2. The molecule has 0 bridgehead atoms. The van der Waals surface area contributed by atoms with Gasteiger partial charge in [0.15, 0.2) is 18.1 Å². The molecule has 0 saturated heterocycles. The van der Waals surface area contributed by atoms with Gasteiger partial charge in [-0.3, -0.25) is 9.69 Å². The number of carbonyl (C=O) groups excluding carboxylic acids is 2. The largest absolute Gasteiger partial charge is 0.510 e. The second kappa shape index (κ2) is 13.3. The molecule has 0 unspecified atom stereocenters. The van der Waals surface area contributed by atoms with Crippen LogP contribution in [0.5, 0.6) is 5.88 Å². The Kier molecular flexibility index (Phi) is 10.2. The number of benzene rings is 1. The van der Waals surface area contributed by atoms with Crippen molar-refractivity contribution in [2.24, 2.45) is 7.05 Å². The lowest BCUT2D eigenvalue weighted by Gasteiger charge is -2.28. The summed E-state index contributed by atoms with van der Waals surface area (Å²) in [5.41, 5.74) is -4.16. The molecule has 0 aliphatic heterocycles. The Labute approximate surface area is 290 Å². The summed E-state index contributed by atoms with van der Waals surface area (Å²) < 4.78 is 173. The molecule has 1 fully saturated rings. The van der Waals surface area contributed by atoms with E-state index < -0.39 is 81.3 Å². The van der Waals surface area contributed by atoms with Gasteiger partial charge in [-0.2, -0.15) is 58.3 Å². The molecule has 13 nitrogen and oxygen atoms in total. The zero-order valence-corrected chi connectivity index (χ0v) is 27.8. The highest BCUT2D eigenvalue weighted by molar-refractivity contribution is 7.88. The summed E-state index contributed by atoms with van der Waals surface area (Å²) >= 11 is 6.25. The van der Waals surface area contributed by atoms with Gasteiger partial charge in [-0.15, -0.1) is 5.10 Å². The van der Waals surface area contributed by atoms with E-state index in [1.165, 1.54) is 26.0 Å². The third-order valence-corrected chi connectivity index (χ3v) is 9.06. The van der Waals surface area contributed by atoms with Gasteiger partial charge >= 0.3 is 39.8 Å². The van der Waals surface area contributed by atoms with E-state index >= 15 is 0 Å². The van der Waals surface area contributed by atoms with Gasteiger partial charge in [0.05, 0.1) is 29.0 Å². The minimum atomic E-state index is -7.67. The first-order valence-electron chi connectivity index (χ1n) is 14.0. The van der Waals surface area contributed by atoms with Crippen molar-refractivity contribution in [3.8, 4) is 28.9 Å².